The van der Waals surface area contributed by atoms with Crippen molar-refractivity contribution in [3.63, 3.8) is 0 Å². The molecule has 16 heavy (non-hydrogen) atoms. The Labute approximate surface area is 113 Å². The molecule has 1 unspecified atom stereocenters. The summed E-state index contributed by atoms with van der Waals surface area (Å²) in [6.07, 6.45) is 0.412. The van der Waals surface area contributed by atoms with E-state index in [1.54, 1.807) is 12.0 Å². The van der Waals surface area contributed by atoms with Crippen molar-refractivity contribution in [3.05, 3.63) is 21.8 Å². The first kappa shape index (κ1) is 12.0. The predicted molar refractivity (Wildman–Crippen MR) is 72.3 cm³/mol. The number of amides is 1. The van der Waals surface area contributed by atoms with Crippen molar-refractivity contribution in [2.45, 2.75) is 11.8 Å². The molecule has 0 N–H and O–H groups in total. The monoisotopic (exact) mass is 351 g/mol. The fraction of sp³-hybridized carbons (Fsp3) is 0.364. The molecule has 0 radical (unpaired) electrons. The Hall–Kier alpha value is -0.490. The summed E-state index contributed by atoms with van der Waals surface area (Å²) in [6.45, 7) is 0.573. The van der Waals surface area contributed by atoms with Gasteiger partial charge in [0.05, 0.1) is 18.2 Å². The number of alkyl halides is 1. The zero-order valence-corrected chi connectivity index (χ0v) is 11.7. The Morgan fingerprint density at radius 3 is 2.88 bits per heavy atom. The number of carbonyl (C=O) groups is 1. The van der Waals surface area contributed by atoms with E-state index in [4.69, 9.17) is 16.3 Å². The van der Waals surface area contributed by atoms with Gasteiger partial charge in [-0.2, -0.15) is 0 Å². The zero-order valence-electron chi connectivity index (χ0n) is 8.74. The predicted octanol–water partition coefficient (Wildman–Crippen LogP) is 2.64. The number of ether oxygens (including phenoxy) is 1. The number of halogens is 2. The number of methoxy groups -OCH3 is 1. The van der Waals surface area contributed by atoms with E-state index in [9.17, 15) is 4.79 Å². The molecule has 1 aliphatic rings. The van der Waals surface area contributed by atoms with Gasteiger partial charge in [-0.05, 0) is 34.7 Å². The van der Waals surface area contributed by atoms with Crippen LogP contribution in [0.15, 0.2) is 18.2 Å². The van der Waals surface area contributed by atoms with Crippen molar-refractivity contribution in [2.24, 2.45) is 0 Å². The molecule has 1 aliphatic heterocycles. The number of carbonyl (C=O) groups excluding carboxylic acids is 1. The number of rotatable bonds is 2. The molecule has 0 spiro atoms. The third kappa shape index (κ3) is 2.27. The second-order valence-corrected chi connectivity index (χ2v) is 5.40. The van der Waals surface area contributed by atoms with Crippen molar-refractivity contribution in [2.75, 3.05) is 18.6 Å². The van der Waals surface area contributed by atoms with E-state index < -0.39 is 0 Å². The van der Waals surface area contributed by atoms with E-state index in [1.807, 2.05) is 18.2 Å². The first-order valence-electron chi connectivity index (χ1n) is 4.90. The van der Waals surface area contributed by atoms with E-state index in [1.165, 1.54) is 0 Å². The number of benzene rings is 1. The summed E-state index contributed by atoms with van der Waals surface area (Å²) in [5.74, 6) is 0.826. The Morgan fingerprint density at radius 2 is 2.31 bits per heavy atom. The van der Waals surface area contributed by atoms with Gasteiger partial charge >= 0.3 is 0 Å². The van der Waals surface area contributed by atoms with Gasteiger partial charge in [0.2, 0.25) is 5.91 Å². The third-order valence-electron chi connectivity index (χ3n) is 2.52. The van der Waals surface area contributed by atoms with Crippen LogP contribution in [0.2, 0.25) is 0 Å². The van der Waals surface area contributed by atoms with Crippen LogP contribution in [0.25, 0.3) is 0 Å². The van der Waals surface area contributed by atoms with Crippen LogP contribution >= 0.6 is 34.2 Å². The van der Waals surface area contributed by atoms with Crippen LogP contribution in [0.5, 0.6) is 5.75 Å². The lowest BCUT2D eigenvalue weighted by Gasteiger charge is -2.18. The number of hydrogen-bond acceptors (Lipinski definition) is 2. The van der Waals surface area contributed by atoms with Gasteiger partial charge in [0, 0.05) is 22.6 Å². The van der Waals surface area contributed by atoms with Crippen molar-refractivity contribution in [1.29, 1.82) is 0 Å². The van der Waals surface area contributed by atoms with Crippen LogP contribution in [0.1, 0.15) is 6.42 Å². The standard InChI is InChI=1S/C11H11ClINO2/c1-16-8-2-3-9(13)10(5-8)14-6-7(12)4-11(14)15/h2-3,5,7H,4,6H2,1H3. The topological polar surface area (TPSA) is 29.5 Å². The number of nitrogens with zero attached hydrogens (tertiary/aromatic N) is 1. The first-order chi connectivity index (χ1) is 7.61. The molecule has 86 valence electrons. The molecule has 0 aromatic heterocycles. The van der Waals surface area contributed by atoms with Gasteiger partial charge in [-0.25, -0.2) is 0 Å². The molecule has 1 saturated heterocycles. The average Bonchev–Trinajstić information content (AvgIpc) is 2.58. The SMILES string of the molecule is COc1ccc(I)c(N2CC(Cl)CC2=O)c1. The summed E-state index contributed by atoms with van der Waals surface area (Å²) in [5, 5.41) is -0.0884. The highest BCUT2D eigenvalue weighted by molar-refractivity contribution is 14.1. The van der Waals surface area contributed by atoms with Crippen molar-refractivity contribution in [1.82, 2.24) is 0 Å². The first-order valence-corrected chi connectivity index (χ1v) is 6.41. The van der Waals surface area contributed by atoms with Gasteiger partial charge in [-0.3, -0.25) is 4.79 Å². The molecule has 3 nitrogen and oxygen atoms in total. The molecule has 5 heteroatoms. The number of hydrogen-bond donors (Lipinski definition) is 0. The van der Waals surface area contributed by atoms with Crippen molar-refractivity contribution >= 4 is 45.8 Å². The van der Waals surface area contributed by atoms with Crippen LogP contribution in [0.4, 0.5) is 5.69 Å². The minimum absolute atomic E-state index is 0.0752. The summed E-state index contributed by atoms with van der Waals surface area (Å²) in [6, 6.07) is 5.68. The third-order valence-corrected chi connectivity index (χ3v) is 3.73. The van der Waals surface area contributed by atoms with Crippen LogP contribution in [-0.4, -0.2) is 24.9 Å². The maximum atomic E-state index is 11.7. The van der Waals surface area contributed by atoms with Gasteiger partial charge in [0.1, 0.15) is 5.75 Å². The molecular weight excluding hydrogens is 340 g/mol. The quantitative estimate of drug-likeness (QED) is 0.605. The summed E-state index contributed by atoms with van der Waals surface area (Å²) in [4.78, 5) is 13.5. The summed E-state index contributed by atoms with van der Waals surface area (Å²) >= 11 is 8.19. The van der Waals surface area contributed by atoms with Crippen LogP contribution < -0.4 is 9.64 Å². The van der Waals surface area contributed by atoms with E-state index in [0.717, 1.165) is 15.0 Å². The van der Waals surface area contributed by atoms with Gasteiger partial charge in [-0.1, -0.05) is 0 Å². The van der Waals surface area contributed by atoms with Crippen molar-refractivity contribution in [3.8, 4) is 5.75 Å². The highest BCUT2D eigenvalue weighted by atomic mass is 127. The summed E-state index contributed by atoms with van der Waals surface area (Å²) in [7, 11) is 1.61. The van der Waals surface area contributed by atoms with Gasteiger partial charge in [0.25, 0.3) is 0 Å². The van der Waals surface area contributed by atoms with E-state index >= 15 is 0 Å². The van der Waals surface area contributed by atoms with Gasteiger partial charge < -0.3 is 9.64 Å². The molecule has 0 bridgehead atoms. The summed E-state index contributed by atoms with van der Waals surface area (Å²) in [5.41, 5.74) is 0.883. The molecule has 1 aromatic rings. The van der Waals surface area contributed by atoms with Crippen LogP contribution in [0, 0.1) is 3.57 Å². The maximum absolute atomic E-state index is 11.7. The molecule has 1 amide bonds. The highest BCUT2D eigenvalue weighted by Crippen LogP contribution is 2.31. The maximum Gasteiger partial charge on any atom is 0.228 e. The molecular formula is C11H11ClINO2. The van der Waals surface area contributed by atoms with E-state index in [0.29, 0.717) is 13.0 Å². The average molecular weight is 352 g/mol. The Balaban J connectivity index is 2.35. The lowest BCUT2D eigenvalue weighted by molar-refractivity contribution is -0.117. The molecule has 1 fully saturated rings. The van der Waals surface area contributed by atoms with Gasteiger partial charge in [-0.15, -0.1) is 11.6 Å². The lowest BCUT2D eigenvalue weighted by Crippen LogP contribution is -2.25. The lowest BCUT2D eigenvalue weighted by atomic mass is 10.3. The zero-order chi connectivity index (χ0) is 11.7. The summed E-state index contributed by atoms with van der Waals surface area (Å²) < 4.78 is 6.18. The van der Waals surface area contributed by atoms with E-state index in [-0.39, 0.29) is 11.3 Å². The van der Waals surface area contributed by atoms with Gasteiger partial charge in [0.15, 0.2) is 0 Å². The van der Waals surface area contributed by atoms with Crippen LogP contribution in [-0.2, 0) is 4.79 Å². The Bertz CT molecular complexity index is 424. The Morgan fingerprint density at radius 1 is 1.56 bits per heavy atom. The minimum Gasteiger partial charge on any atom is -0.497 e. The van der Waals surface area contributed by atoms with Crippen molar-refractivity contribution < 1.29 is 9.53 Å². The Kier molecular flexibility index (Phi) is 3.59. The fourth-order valence-electron chi connectivity index (χ4n) is 1.72. The van der Waals surface area contributed by atoms with E-state index in [2.05, 4.69) is 22.6 Å². The fourth-order valence-corrected chi connectivity index (χ4v) is 2.62. The minimum atomic E-state index is -0.0884. The number of anilines is 1. The molecule has 1 aromatic carbocycles. The molecule has 0 aliphatic carbocycles. The largest absolute Gasteiger partial charge is 0.497 e. The molecule has 1 atom stereocenters. The molecule has 2 rings (SSSR count). The normalized spacial score (nSPS) is 20.3. The molecule has 1 heterocycles. The highest BCUT2D eigenvalue weighted by Gasteiger charge is 2.30. The smallest absolute Gasteiger partial charge is 0.228 e. The second kappa shape index (κ2) is 4.79. The van der Waals surface area contributed by atoms with Crippen LogP contribution in [0.3, 0.4) is 0 Å². The molecule has 0 saturated carbocycles. The second-order valence-electron chi connectivity index (χ2n) is 3.62.